The summed E-state index contributed by atoms with van der Waals surface area (Å²) in [5.74, 6) is 3.52. The molecule has 2 heteroatoms. The van der Waals surface area contributed by atoms with Crippen molar-refractivity contribution < 1.29 is 0 Å². The summed E-state index contributed by atoms with van der Waals surface area (Å²) in [7, 11) is 0. The largest absolute Gasteiger partial charge is 0.193 e. The fraction of sp³-hybridized carbons (Fsp3) is 0.643. The summed E-state index contributed by atoms with van der Waals surface area (Å²) in [6.07, 6.45) is 22.8. The van der Waals surface area contributed by atoms with Gasteiger partial charge in [-0.25, -0.2) is 0 Å². The van der Waals surface area contributed by atoms with E-state index in [1.165, 1.54) is 89.0 Å². The number of rotatable bonds is 9. The highest BCUT2D eigenvalue weighted by Crippen LogP contribution is 2.38. The first-order valence-electron chi connectivity index (χ1n) is 12.3. The second-order valence-electron chi connectivity index (χ2n) is 9.73. The van der Waals surface area contributed by atoms with Crippen molar-refractivity contribution in [2.24, 2.45) is 17.8 Å². The maximum atomic E-state index is 8.96. The van der Waals surface area contributed by atoms with Crippen LogP contribution in [-0.4, -0.2) is 0 Å². The van der Waals surface area contributed by atoms with E-state index in [9.17, 15) is 0 Å². The van der Waals surface area contributed by atoms with E-state index >= 15 is 0 Å². The van der Waals surface area contributed by atoms with E-state index in [1.807, 2.05) is 18.2 Å². The van der Waals surface area contributed by atoms with Crippen molar-refractivity contribution in [2.45, 2.75) is 95.8 Å². The van der Waals surface area contributed by atoms with Crippen LogP contribution in [0.4, 0.5) is 0 Å². The number of nitriles is 2. The molecule has 0 saturated heterocycles. The number of unbranched alkanes of at least 4 members (excludes halogenated alkanes) is 1. The van der Waals surface area contributed by atoms with Gasteiger partial charge in [-0.2, -0.15) is 10.5 Å². The average molecular weight is 403 g/mol. The maximum absolute atomic E-state index is 8.96. The molecule has 0 N–H and O–H groups in total. The molecule has 0 unspecified atom stereocenters. The molecular weight excluding hydrogens is 364 g/mol. The number of nitrogens with zero attached hydrogens (tertiary/aromatic N) is 2. The van der Waals surface area contributed by atoms with Gasteiger partial charge in [-0.05, 0) is 79.9 Å². The molecular formula is C28H38N2. The topological polar surface area (TPSA) is 47.6 Å². The van der Waals surface area contributed by atoms with Gasteiger partial charge in [-0.3, -0.25) is 0 Å². The highest BCUT2D eigenvalue weighted by Gasteiger charge is 2.23. The molecule has 160 valence electrons. The highest BCUT2D eigenvalue weighted by atomic mass is 14.3. The van der Waals surface area contributed by atoms with Crippen molar-refractivity contribution in [2.75, 3.05) is 0 Å². The minimum absolute atomic E-state index is 0.708. The van der Waals surface area contributed by atoms with Gasteiger partial charge in [0, 0.05) is 6.08 Å². The minimum Gasteiger partial charge on any atom is -0.193 e. The molecule has 2 fully saturated rings. The van der Waals surface area contributed by atoms with E-state index in [1.54, 1.807) is 6.08 Å². The van der Waals surface area contributed by atoms with E-state index in [0.717, 1.165) is 29.7 Å². The zero-order chi connectivity index (χ0) is 21.0. The fourth-order valence-corrected chi connectivity index (χ4v) is 5.76. The molecule has 2 nitrogen and oxygen atoms in total. The monoisotopic (exact) mass is 402 g/mol. The molecule has 0 atom stereocenters. The van der Waals surface area contributed by atoms with Gasteiger partial charge in [-0.1, -0.05) is 69.6 Å². The zero-order valence-corrected chi connectivity index (χ0v) is 18.6. The molecule has 0 heterocycles. The standard InChI is InChI=1S/C28H38N2/c29-21-5-1-2-6-23-9-11-24(12-10-23)7-3-4-8-25-13-17-27(18-14-25)28-19-15-26(22-30)16-20-28/h1,5,15-16,19-20,23-25,27H,2-4,6-14,17-18H2/b5-1+/t23-,24-,25-,27-. The summed E-state index contributed by atoms with van der Waals surface area (Å²) in [6, 6.07) is 12.6. The summed E-state index contributed by atoms with van der Waals surface area (Å²) >= 11 is 0. The van der Waals surface area contributed by atoms with Crippen LogP contribution in [0.5, 0.6) is 0 Å². The van der Waals surface area contributed by atoms with Crippen molar-refractivity contribution in [1.29, 1.82) is 10.5 Å². The lowest BCUT2D eigenvalue weighted by molar-refractivity contribution is 0.244. The first kappa shape index (κ1) is 22.6. The Balaban J connectivity index is 1.24. The summed E-state index contributed by atoms with van der Waals surface area (Å²) < 4.78 is 0. The molecule has 2 saturated carbocycles. The van der Waals surface area contributed by atoms with Gasteiger partial charge in [-0.15, -0.1) is 0 Å². The fourth-order valence-electron chi connectivity index (χ4n) is 5.76. The zero-order valence-electron chi connectivity index (χ0n) is 18.6. The molecule has 0 amide bonds. The average Bonchev–Trinajstić information content (AvgIpc) is 2.81. The van der Waals surface area contributed by atoms with Crippen LogP contribution in [0.1, 0.15) is 107 Å². The van der Waals surface area contributed by atoms with Crippen molar-refractivity contribution in [3.63, 3.8) is 0 Å². The number of allylic oxidation sites excluding steroid dienone is 2. The van der Waals surface area contributed by atoms with Crippen molar-refractivity contribution >= 4 is 0 Å². The third-order valence-corrected chi connectivity index (χ3v) is 7.73. The van der Waals surface area contributed by atoms with Crippen LogP contribution in [0.25, 0.3) is 0 Å². The second kappa shape index (κ2) is 12.6. The number of hydrogen-bond acceptors (Lipinski definition) is 2. The molecule has 0 spiro atoms. The Bertz CT molecular complexity index is 717. The van der Waals surface area contributed by atoms with Crippen molar-refractivity contribution in [3.05, 3.63) is 47.5 Å². The number of benzene rings is 1. The molecule has 1 aromatic carbocycles. The van der Waals surface area contributed by atoms with Crippen LogP contribution in [0, 0.1) is 40.4 Å². The number of hydrogen-bond donors (Lipinski definition) is 0. The Morgan fingerprint density at radius 2 is 1.27 bits per heavy atom. The summed E-state index contributed by atoms with van der Waals surface area (Å²) in [4.78, 5) is 0. The van der Waals surface area contributed by atoms with Crippen LogP contribution < -0.4 is 0 Å². The summed E-state index contributed by atoms with van der Waals surface area (Å²) in [5.41, 5.74) is 2.21. The van der Waals surface area contributed by atoms with Gasteiger partial charge in [0.25, 0.3) is 0 Å². The van der Waals surface area contributed by atoms with Crippen LogP contribution in [0.3, 0.4) is 0 Å². The van der Waals surface area contributed by atoms with Crippen LogP contribution in [0.2, 0.25) is 0 Å². The molecule has 0 aliphatic heterocycles. The maximum Gasteiger partial charge on any atom is 0.0991 e. The van der Waals surface area contributed by atoms with E-state index in [2.05, 4.69) is 24.3 Å². The smallest absolute Gasteiger partial charge is 0.0991 e. The third-order valence-electron chi connectivity index (χ3n) is 7.73. The Labute approximate surface area is 184 Å². The van der Waals surface area contributed by atoms with Crippen molar-refractivity contribution in [1.82, 2.24) is 0 Å². The predicted molar refractivity (Wildman–Crippen MR) is 124 cm³/mol. The molecule has 0 radical (unpaired) electrons. The molecule has 0 bridgehead atoms. The van der Waals surface area contributed by atoms with Gasteiger partial charge < -0.3 is 0 Å². The van der Waals surface area contributed by atoms with E-state index in [-0.39, 0.29) is 0 Å². The first-order chi connectivity index (χ1) is 14.8. The quantitative estimate of drug-likeness (QED) is 0.310. The van der Waals surface area contributed by atoms with Gasteiger partial charge in [0.2, 0.25) is 0 Å². The van der Waals surface area contributed by atoms with Gasteiger partial charge in [0.15, 0.2) is 0 Å². The van der Waals surface area contributed by atoms with Crippen LogP contribution >= 0.6 is 0 Å². The Hall–Kier alpha value is -2.06. The third kappa shape index (κ3) is 7.32. The van der Waals surface area contributed by atoms with E-state index in [0.29, 0.717) is 5.92 Å². The summed E-state index contributed by atoms with van der Waals surface area (Å²) in [6.45, 7) is 0. The lowest BCUT2D eigenvalue weighted by Gasteiger charge is -2.30. The SMILES string of the molecule is N#C/C=C/CC[C@H]1CC[C@H](CCCC[C@H]2CC[C@H](c3ccc(C#N)cc3)CC2)CC1. The predicted octanol–water partition coefficient (Wildman–Crippen LogP) is 8.06. The lowest BCUT2D eigenvalue weighted by Crippen LogP contribution is -2.15. The highest BCUT2D eigenvalue weighted by molar-refractivity contribution is 5.33. The Kier molecular flexibility index (Phi) is 9.50. The Morgan fingerprint density at radius 3 is 1.80 bits per heavy atom. The minimum atomic E-state index is 0.708. The molecule has 3 rings (SSSR count). The van der Waals surface area contributed by atoms with Crippen LogP contribution in [0.15, 0.2) is 36.4 Å². The van der Waals surface area contributed by atoms with Gasteiger partial charge in [0.1, 0.15) is 0 Å². The van der Waals surface area contributed by atoms with E-state index < -0.39 is 0 Å². The summed E-state index contributed by atoms with van der Waals surface area (Å²) in [5, 5.41) is 17.5. The Morgan fingerprint density at radius 1 is 0.733 bits per heavy atom. The van der Waals surface area contributed by atoms with E-state index in [4.69, 9.17) is 10.5 Å². The second-order valence-corrected chi connectivity index (χ2v) is 9.73. The molecule has 30 heavy (non-hydrogen) atoms. The normalized spacial score (nSPS) is 26.9. The van der Waals surface area contributed by atoms with Crippen LogP contribution in [-0.2, 0) is 0 Å². The molecule has 2 aliphatic carbocycles. The van der Waals surface area contributed by atoms with Gasteiger partial charge >= 0.3 is 0 Å². The molecule has 0 aromatic heterocycles. The molecule has 1 aromatic rings. The lowest BCUT2D eigenvalue weighted by atomic mass is 9.76. The van der Waals surface area contributed by atoms with Crippen molar-refractivity contribution in [3.8, 4) is 12.1 Å². The molecule has 2 aliphatic rings. The van der Waals surface area contributed by atoms with Gasteiger partial charge in [0.05, 0.1) is 17.7 Å². The first-order valence-corrected chi connectivity index (χ1v) is 12.3.